The Morgan fingerprint density at radius 1 is 0.741 bits per heavy atom. The van der Waals surface area contributed by atoms with Crippen molar-refractivity contribution in [2.45, 2.75) is 124 Å². The van der Waals surface area contributed by atoms with Crippen molar-refractivity contribution in [3.63, 3.8) is 0 Å². The van der Waals surface area contributed by atoms with Crippen molar-refractivity contribution in [1.82, 2.24) is 4.67 Å². The van der Waals surface area contributed by atoms with Crippen LogP contribution in [0.15, 0.2) is 0 Å². The highest BCUT2D eigenvalue weighted by molar-refractivity contribution is 7.44. The standard InChI is InChI=1S/C22H45N2O2P/c1-6-7-8-9-10-11-12-13-14-15-16-19-25-27(26-20-17-18-23)24(21(2)3)22(4)5/h21-22H,6-17,19-20H2,1-5H3. The van der Waals surface area contributed by atoms with Crippen molar-refractivity contribution in [3.8, 4) is 6.07 Å². The fourth-order valence-electron chi connectivity index (χ4n) is 3.22. The van der Waals surface area contributed by atoms with Gasteiger partial charge in [0, 0.05) is 12.1 Å². The fraction of sp³-hybridized carbons (Fsp3) is 0.955. The molecular formula is C22H45N2O2P. The van der Waals surface area contributed by atoms with E-state index in [2.05, 4.69) is 45.4 Å². The highest BCUT2D eigenvalue weighted by Gasteiger charge is 2.26. The summed E-state index contributed by atoms with van der Waals surface area (Å²) in [6.45, 7) is 12.2. The third-order valence-corrected chi connectivity index (χ3v) is 6.72. The second kappa shape index (κ2) is 19.1. The van der Waals surface area contributed by atoms with E-state index in [-0.39, 0.29) is 0 Å². The summed E-state index contributed by atoms with van der Waals surface area (Å²) in [5, 5.41) is 8.75. The molecule has 1 atom stereocenters. The number of hydrogen-bond donors (Lipinski definition) is 0. The molecule has 0 N–H and O–H groups in total. The van der Waals surface area contributed by atoms with Gasteiger partial charge in [-0.1, -0.05) is 71.1 Å². The Balaban J connectivity index is 3.87. The molecular weight excluding hydrogens is 355 g/mol. The Hall–Kier alpha value is -0.200. The Bertz CT molecular complexity index is 351. The van der Waals surface area contributed by atoms with Crippen LogP contribution in [0.1, 0.15) is 112 Å². The van der Waals surface area contributed by atoms with Gasteiger partial charge in [0.1, 0.15) is 0 Å². The van der Waals surface area contributed by atoms with Crippen LogP contribution in [0.4, 0.5) is 0 Å². The van der Waals surface area contributed by atoms with E-state index in [1.54, 1.807) is 0 Å². The van der Waals surface area contributed by atoms with Gasteiger partial charge in [-0.25, -0.2) is 4.67 Å². The highest BCUT2D eigenvalue weighted by Crippen LogP contribution is 2.46. The summed E-state index contributed by atoms with van der Waals surface area (Å²) in [6, 6.07) is 2.89. The molecule has 0 heterocycles. The molecule has 0 bridgehead atoms. The van der Waals surface area contributed by atoms with E-state index in [0.29, 0.717) is 25.1 Å². The molecule has 0 rings (SSSR count). The summed E-state index contributed by atoms with van der Waals surface area (Å²) in [5.74, 6) is 0. The van der Waals surface area contributed by atoms with Gasteiger partial charge in [-0.2, -0.15) is 5.26 Å². The van der Waals surface area contributed by atoms with Gasteiger partial charge in [-0.3, -0.25) is 0 Å². The SMILES string of the molecule is CCCCCCCCCCCCCOP(OCCC#N)N(C(C)C)C(C)C. The number of nitriles is 1. The average molecular weight is 401 g/mol. The average Bonchev–Trinajstić information content (AvgIpc) is 2.61. The molecule has 0 amide bonds. The Labute approximate surface area is 171 Å². The predicted molar refractivity (Wildman–Crippen MR) is 118 cm³/mol. The second-order valence-corrected chi connectivity index (χ2v) is 9.37. The minimum absolute atomic E-state index is 0.371. The fourth-order valence-corrected chi connectivity index (χ4v) is 4.85. The Morgan fingerprint density at radius 3 is 1.63 bits per heavy atom. The Kier molecular flexibility index (Phi) is 19.0. The zero-order valence-electron chi connectivity index (χ0n) is 18.7. The first-order valence-electron chi connectivity index (χ1n) is 11.3. The van der Waals surface area contributed by atoms with Crippen molar-refractivity contribution in [1.29, 1.82) is 5.26 Å². The molecule has 0 fully saturated rings. The van der Waals surface area contributed by atoms with Crippen molar-refractivity contribution in [2.75, 3.05) is 13.2 Å². The molecule has 0 aromatic carbocycles. The molecule has 0 radical (unpaired) electrons. The van der Waals surface area contributed by atoms with E-state index in [1.807, 2.05) is 0 Å². The van der Waals surface area contributed by atoms with Crippen LogP contribution in [-0.2, 0) is 9.05 Å². The maximum absolute atomic E-state index is 8.75. The highest BCUT2D eigenvalue weighted by atomic mass is 31.2. The summed E-state index contributed by atoms with van der Waals surface area (Å²) in [6.07, 6.45) is 15.2. The minimum Gasteiger partial charge on any atom is -0.322 e. The molecule has 4 nitrogen and oxygen atoms in total. The zero-order chi connectivity index (χ0) is 20.3. The molecule has 0 aromatic heterocycles. The predicted octanol–water partition coefficient (Wildman–Crippen LogP) is 7.59. The molecule has 0 spiro atoms. The van der Waals surface area contributed by atoms with Gasteiger partial charge >= 0.3 is 0 Å². The smallest absolute Gasteiger partial charge is 0.259 e. The first-order chi connectivity index (χ1) is 13.0. The number of rotatable bonds is 19. The molecule has 0 aliphatic rings. The summed E-state index contributed by atoms with van der Waals surface area (Å²) < 4.78 is 14.3. The zero-order valence-corrected chi connectivity index (χ0v) is 19.6. The number of nitrogens with zero attached hydrogens (tertiary/aromatic N) is 2. The second-order valence-electron chi connectivity index (χ2n) is 7.92. The van der Waals surface area contributed by atoms with Crippen LogP contribution in [0.25, 0.3) is 0 Å². The van der Waals surface area contributed by atoms with Crippen molar-refractivity contribution >= 4 is 8.53 Å². The van der Waals surface area contributed by atoms with Gasteiger partial charge in [-0.15, -0.1) is 0 Å². The number of hydrogen-bond acceptors (Lipinski definition) is 4. The van der Waals surface area contributed by atoms with Gasteiger partial charge in [0.2, 0.25) is 0 Å². The first-order valence-corrected chi connectivity index (χ1v) is 12.4. The third kappa shape index (κ3) is 15.4. The molecule has 1 unspecified atom stereocenters. The van der Waals surface area contributed by atoms with Gasteiger partial charge in [-0.05, 0) is 34.1 Å². The Morgan fingerprint density at radius 2 is 1.19 bits per heavy atom. The van der Waals surface area contributed by atoms with Gasteiger partial charge < -0.3 is 9.05 Å². The quantitative estimate of drug-likeness (QED) is 0.165. The molecule has 0 saturated carbocycles. The van der Waals surface area contributed by atoms with Crippen LogP contribution in [0.2, 0.25) is 0 Å². The van der Waals surface area contributed by atoms with E-state index in [1.165, 1.54) is 64.2 Å². The molecule has 160 valence electrons. The van der Waals surface area contributed by atoms with Crippen molar-refractivity contribution < 1.29 is 9.05 Å². The molecule has 27 heavy (non-hydrogen) atoms. The van der Waals surface area contributed by atoms with Crippen LogP contribution < -0.4 is 0 Å². The van der Waals surface area contributed by atoms with E-state index in [4.69, 9.17) is 14.3 Å². The lowest BCUT2D eigenvalue weighted by Gasteiger charge is -2.35. The lowest BCUT2D eigenvalue weighted by molar-refractivity contribution is 0.174. The molecule has 0 aliphatic carbocycles. The van der Waals surface area contributed by atoms with Crippen molar-refractivity contribution in [2.24, 2.45) is 0 Å². The lowest BCUT2D eigenvalue weighted by atomic mass is 10.1. The van der Waals surface area contributed by atoms with Crippen LogP contribution in [0, 0.1) is 11.3 Å². The van der Waals surface area contributed by atoms with E-state index in [9.17, 15) is 0 Å². The van der Waals surface area contributed by atoms with Gasteiger partial charge in [0.25, 0.3) is 8.53 Å². The normalized spacial score (nSPS) is 12.9. The third-order valence-electron chi connectivity index (χ3n) is 4.61. The van der Waals surface area contributed by atoms with Crippen LogP contribution >= 0.6 is 8.53 Å². The largest absolute Gasteiger partial charge is 0.322 e. The minimum atomic E-state index is -1.07. The molecule has 5 heteroatoms. The van der Waals surface area contributed by atoms with E-state index < -0.39 is 8.53 Å². The molecule has 0 saturated heterocycles. The van der Waals surface area contributed by atoms with Gasteiger partial charge in [0.15, 0.2) is 0 Å². The first kappa shape index (κ1) is 26.8. The summed E-state index contributed by atoms with van der Waals surface area (Å²) in [7, 11) is -1.07. The maximum atomic E-state index is 8.75. The number of unbranched alkanes of at least 4 members (excludes halogenated alkanes) is 10. The maximum Gasteiger partial charge on any atom is 0.259 e. The summed E-state index contributed by atoms with van der Waals surface area (Å²) in [5.41, 5.74) is 0. The van der Waals surface area contributed by atoms with Crippen molar-refractivity contribution in [3.05, 3.63) is 0 Å². The topological polar surface area (TPSA) is 45.5 Å². The van der Waals surface area contributed by atoms with Crippen LogP contribution in [-0.4, -0.2) is 30.0 Å². The van der Waals surface area contributed by atoms with Crippen LogP contribution in [0.5, 0.6) is 0 Å². The summed E-state index contributed by atoms with van der Waals surface area (Å²) in [4.78, 5) is 0. The lowest BCUT2D eigenvalue weighted by Crippen LogP contribution is -2.33. The van der Waals surface area contributed by atoms with E-state index >= 15 is 0 Å². The molecule has 0 aromatic rings. The monoisotopic (exact) mass is 400 g/mol. The van der Waals surface area contributed by atoms with Crippen LogP contribution in [0.3, 0.4) is 0 Å². The molecule has 0 aliphatic heterocycles. The van der Waals surface area contributed by atoms with E-state index in [0.717, 1.165) is 13.0 Å². The summed E-state index contributed by atoms with van der Waals surface area (Å²) >= 11 is 0. The van der Waals surface area contributed by atoms with Gasteiger partial charge in [0.05, 0.1) is 25.7 Å².